The van der Waals surface area contributed by atoms with Crippen molar-refractivity contribution in [1.82, 2.24) is 4.72 Å². The highest BCUT2D eigenvalue weighted by Gasteiger charge is 2.15. The maximum atomic E-state index is 11.5. The molecule has 0 atom stereocenters. The molecular formula is C9H8BrN3O4S. The highest BCUT2D eigenvalue weighted by molar-refractivity contribution is 9.10. The van der Waals surface area contributed by atoms with Crippen LogP contribution in [-0.2, 0) is 14.9 Å². The molecule has 1 rings (SSSR count). The standard InChI is InChI=1S/C9H8BrN3O4S/c1-17-9(14)13-18(15,16)12-8-3-2-6(5-11)4-7(8)10/h2-4,12H,1H3,(H,13,14). The van der Waals surface area contributed by atoms with Gasteiger partial charge in [0.15, 0.2) is 0 Å². The number of nitriles is 1. The summed E-state index contributed by atoms with van der Waals surface area (Å²) in [6.45, 7) is 0. The Morgan fingerprint density at radius 3 is 2.67 bits per heavy atom. The van der Waals surface area contributed by atoms with Gasteiger partial charge in [0.1, 0.15) is 0 Å². The topological polar surface area (TPSA) is 108 Å². The summed E-state index contributed by atoms with van der Waals surface area (Å²) >= 11 is 3.10. The first-order valence-electron chi connectivity index (χ1n) is 4.46. The summed E-state index contributed by atoms with van der Waals surface area (Å²) in [7, 11) is -3.03. The second kappa shape index (κ2) is 5.70. The lowest BCUT2D eigenvalue weighted by Crippen LogP contribution is -2.35. The zero-order chi connectivity index (χ0) is 13.8. The summed E-state index contributed by atoms with van der Waals surface area (Å²) < 4.78 is 31.2. The summed E-state index contributed by atoms with van der Waals surface area (Å²) in [6.07, 6.45) is -1.10. The predicted octanol–water partition coefficient (Wildman–Crippen LogP) is 1.33. The summed E-state index contributed by atoms with van der Waals surface area (Å²) in [6, 6.07) is 6.16. The van der Waals surface area contributed by atoms with Gasteiger partial charge in [-0.05, 0) is 34.1 Å². The monoisotopic (exact) mass is 333 g/mol. The molecule has 0 heterocycles. The van der Waals surface area contributed by atoms with Crippen LogP contribution in [0.2, 0.25) is 0 Å². The molecule has 0 unspecified atom stereocenters. The molecule has 0 radical (unpaired) electrons. The van der Waals surface area contributed by atoms with Crippen LogP contribution in [0.1, 0.15) is 5.56 Å². The normalized spacial score (nSPS) is 10.3. The van der Waals surface area contributed by atoms with Crippen LogP contribution >= 0.6 is 15.9 Å². The van der Waals surface area contributed by atoms with Gasteiger partial charge in [0, 0.05) is 4.47 Å². The number of benzene rings is 1. The number of rotatable bonds is 3. The first-order valence-corrected chi connectivity index (χ1v) is 6.73. The fraction of sp³-hybridized carbons (Fsp3) is 0.111. The van der Waals surface area contributed by atoms with Crippen LogP contribution < -0.4 is 9.44 Å². The van der Waals surface area contributed by atoms with Crippen molar-refractivity contribution in [1.29, 1.82) is 5.26 Å². The van der Waals surface area contributed by atoms with Crippen molar-refractivity contribution >= 4 is 37.9 Å². The second-order valence-electron chi connectivity index (χ2n) is 3.01. The van der Waals surface area contributed by atoms with E-state index in [9.17, 15) is 13.2 Å². The molecule has 1 amide bonds. The van der Waals surface area contributed by atoms with E-state index in [4.69, 9.17) is 5.26 Å². The number of halogens is 1. The molecule has 1 aromatic carbocycles. The molecule has 0 saturated heterocycles. The molecule has 0 aliphatic rings. The minimum atomic E-state index is -4.08. The first-order chi connectivity index (χ1) is 8.38. The first kappa shape index (κ1) is 14.3. The smallest absolute Gasteiger partial charge is 0.422 e. The highest BCUT2D eigenvalue weighted by atomic mass is 79.9. The number of hydrogen-bond acceptors (Lipinski definition) is 5. The number of carbonyl (C=O) groups is 1. The quantitative estimate of drug-likeness (QED) is 0.867. The van der Waals surface area contributed by atoms with Gasteiger partial charge in [0.2, 0.25) is 0 Å². The van der Waals surface area contributed by atoms with Crippen LogP contribution in [0.25, 0.3) is 0 Å². The number of anilines is 1. The summed E-state index contributed by atoms with van der Waals surface area (Å²) in [5.41, 5.74) is 0.552. The molecule has 0 aromatic heterocycles. The molecule has 1 aromatic rings. The van der Waals surface area contributed by atoms with Gasteiger partial charge in [0.05, 0.1) is 24.4 Å². The second-order valence-corrected chi connectivity index (χ2v) is 5.28. The highest BCUT2D eigenvalue weighted by Crippen LogP contribution is 2.24. The van der Waals surface area contributed by atoms with E-state index >= 15 is 0 Å². The van der Waals surface area contributed by atoms with Crippen molar-refractivity contribution in [3.05, 3.63) is 28.2 Å². The largest absolute Gasteiger partial charge is 0.452 e. The average Bonchev–Trinajstić information content (AvgIpc) is 2.30. The molecule has 18 heavy (non-hydrogen) atoms. The number of carbonyl (C=O) groups excluding carboxylic acids is 1. The van der Waals surface area contributed by atoms with Crippen molar-refractivity contribution in [3.63, 3.8) is 0 Å². The van der Waals surface area contributed by atoms with Crippen molar-refractivity contribution in [2.24, 2.45) is 0 Å². The summed E-state index contributed by atoms with van der Waals surface area (Å²) in [5, 5.41) is 8.65. The zero-order valence-corrected chi connectivity index (χ0v) is 11.5. The Hall–Kier alpha value is -1.79. The number of nitrogens with one attached hydrogen (secondary N) is 2. The number of nitrogens with zero attached hydrogens (tertiary/aromatic N) is 1. The Labute approximate surface area is 112 Å². The molecule has 9 heteroatoms. The van der Waals surface area contributed by atoms with E-state index < -0.39 is 16.3 Å². The third-order valence-electron chi connectivity index (χ3n) is 1.75. The van der Waals surface area contributed by atoms with E-state index in [1.165, 1.54) is 18.2 Å². The van der Waals surface area contributed by atoms with E-state index in [1.807, 2.05) is 6.07 Å². The van der Waals surface area contributed by atoms with Crippen LogP contribution in [-0.4, -0.2) is 21.6 Å². The van der Waals surface area contributed by atoms with Crippen LogP contribution in [0, 0.1) is 11.3 Å². The minimum absolute atomic E-state index is 0.186. The fourth-order valence-corrected chi connectivity index (χ4v) is 2.42. The average molecular weight is 334 g/mol. The van der Waals surface area contributed by atoms with E-state index in [0.29, 0.717) is 10.0 Å². The molecule has 0 saturated carbocycles. The van der Waals surface area contributed by atoms with Gasteiger partial charge < -0.3 is 4.74 Å². The van der Waals surface area contributed by atoms with Crippen LogP contribution in [0.3, 0.4) is 0 Å². The Kier molecular flexibility index (Phi) is 4.52. The van der Waals surface area contributed by atoms with E-state index in [-0.39, 0.29) is 5.69 Å². The Morgan fingerprint density at radius 2 is 2.17 bits per heavy atom. The van der Waals surface area contributed by atoms with Crippen molar-refractivity contribution in [2.45, 2.75) is 0 Å². The molecule has 2 N–H and O–H groups in total. The maximum Gasteiger partial charge on any atom is 0.422 e. The van der Waals surface area contributed by atoms with Gasteiger partial charge in [-0.2, -0.15) is 13.7 Å². The number of ether oxygens (including phenoxy) is 1. The lowest BCUT2D eigenvalue weighted by Gasteiger charge is -2.09. The van der Waals surface area contributed by atoms with Gasteiger partial charge in [-0.15, -0.1) is 0 Å². The van der Waals surface area contributed by atoms with Crippen LogP contribution in [0.15, 0.2) is 22.7 Å². The molecule has 96 valence electrons. The minimum Gasteiger partial charge on any atom is -0.452 e. The van der Waals surface area contributed by atoms with E-state index in [1.54, 1.807) is 4.72 Å². The number of methoxy groups -OCH3 is 1. The Balaban J connectivity index is 2.92. The Morgan fingerprint density at radius 1 is 1.50 bits per heavy atom. The molecule has 7 nitrogen and oxygen atoms in total. The molecule has 0 aliphatic heterocycles. The molecule has 0 bridgehead atoms. The summed E-state index contributed by atoms with van der Waals surface area (Å²) in [5.74, 6) is 0. The van der Waals surface area contributed by atoms with Gasteiger partial charge in [-0.1, -0.05) is 0 Å². The van der Waals surface area contributed by atoms with Crippen LogP contribution in [0.4, 0.5) is 10.5 Å². The van der Waals surface area contributed by atoms with Crippen molar-refractivity contribution < 1.29 is 17.9 Å². The van der Waals surface area contributed by atoms with Crippen LogP contribution in [0.5, 0.6) is 0 Å². The molecule has 0 aliphatic carbocycles. The molecule has 0 fully saturated rings. The number of amides is 1. The van der Waals surface area contributed by atoms with Gasteiger partial charge in [0.25, 0.3) is 0 Å². The van der Waals surface area contributed by atoms with Gasteiger partial charge in [-0.3, -0.25) is 4.72 Å². The van der Waals surface area contributed by atoms with Crippen molar-refractivity contribution in [3.8, 4) is 6.07 Å². The molecule has 0 spiro atoms. The molecular weight excluding hydrogens is 326 g/mol. The Bertz CT molecular complexity index is 609. The maximum absolute atomic E-state index is 11.5. The number of hydrogen-bond donors (Lipinski definition) is 2. The van der Waals surface area contributed by atoms with E-state index in [2.05, 4.69) is 25.4 Å². The van der Waals surface area contributed by atoms with Gasteiger partial charge in [-0.25, -0.2) is 9.52 Å². The van der Waals surface area contributed by atoms with E-state index in [0.717, 1.165) is 7.11 Å². The predicted molar refractivity (Wildman–Crippen MR) is 66.9 cm³/mol. The fourth-order valence-electron chi connectivity index (χ4n) is 0.989. The third kappa shape index (κ3) is 3.90. The van der Waals surface area contributed by atoms with Gasteiger partial charge >= 0.3 is 16.3 Å². The zero-order valence-electron chi connectivity index (χ0n) is 9.10. The SMILES string of the molecule is COC(=O)NS(=O)(=O)Nc1ccc(C#N)cc1Br. The lowest BCUT2D eigenvalue weighted by atomic mass is 10.2. The summed E-state index contributed by atoms with van der Waals surface area (Å²) in [4.78, 5) is 10.8. The van der Waals surface area contributed by atoms with Crippen molar-refractivity contribution in [2.75, 3.05) is 11.8 Å². The lowest BCUT2D eigenvalue weighted by molar-refractivity contribution is 0.177. The third-order valence-corrected chi connectivity index (χ3v) is 3.33.